The first-order valence-corrected chi connectivity index (χ1v) is 9.68. The van der Waals surface area contributed by atoms with E-state index in [0.29, 0.717) is 25.4 Å². The van der Waals surface area contributed by atoms with E-state index in [9.17, 15) is 9.90 Å². The Morgan fingerprint density at radius 1 is 1.35 bits per heavy atom. The average molecular weight is 361 g/mol. The highest BCUT2D eigenvalue weighted by atomic mass is 16.3. The summed E-state index contributed by atoms with van der Waals surface area (Å²) in [5, 5.41) is 11.0. The second-order valence-electron chi connectivity index (χ2n) is 8.01. The molecule has 6 heteroatoms. The number of rotatable bonds is 7. The molecule has 1 amide bonds. The zero-order chi connectivity index (χ0) is 18.6. The first kappa shape index (κ1) is 19.3. The summed E-state index contributed by atoms with van der Waals surface area (Å²) in [6.45, 7) is 6.63. The number of aryl methyl sites for hydroxylation is 1. The van der Waals surface area contributed by atoms with Crippen LogP contribution in [-0.4, -0.2) is 66.2 Å². The zero-order valence-electron chi connectivity index (χ0n) is 16.0. The monoisotopic (exact) mass is 360 g/mol. The standard InChI is InChI=1S/C20H32N4O2/c1-16-5-3-6-17(11-16)14-24-9-4-8-20(26,19(24)25)15-23(2)10-7-18-12-21-22-13-18/h3,5-6,11,18,21-22,26H,4,7-10,12-15H2,1-2H3. The Bertz CT molecular complexity index is 618. The molecular formula is C20H32N4O2. The van der Waals surface area contributed by atoms with Gasteiger partial charge in [-0.3, -0.25) is 15.6 Å². The lowest BCUT2D eigenvalue weighted by Gasteiger charge is -2.40. The molecule has 0 spiro atoms. The van der Waals surface area contributed by atoms with Crippen LogP contribution in [0, 0.1) is 12.8 Å². The summed E-state index contributed by atoms with van der Waals surface area (Å²) in [6.07, 6.45) is 2.46. The minimum absolute atomic E-state index is 0.124. The number of likely N-dealkylation sites (N-methyl/N-ethyl adjacent to an activating group) is 1. The molecule has 1 unspecified atom stereocenters. The Morgan fingerprint density at radius 3 is 2.85 bits per heavy atom. The van der Waals surface area contributed by atoms with E-state index in [1.807, 2.05) is 24.1 Å². The number of nitrogens with zero attached hydrogens (tertiary/aromatic N) is 2. The molecular weight excluding hydrogens is 328 g/mol. The smallest absolute Gasteiger partial charge is 0.256 e. The van der Waals surface area contributed by atoms with Gasteiger partial charge in [0.05, 0.1) is 0 Å². The van der Waals surface area contributed by atoms with Gasteiger partial charge in [-0.25, -0.2) is 0 Å². The third-order valence-electron chi connectivity index (χ3n) is 5.52. The van der Waals surface area contributed by atoms with E-state index in [-0.39, 0.29) is 5.91 Å². The van der Waals surface area contributed by atoms with Gasteiger partial charge in [0.25, 0.3) is 5.91 Å². The number of carbonyl (C=O) groups is 1. The number of hydrazine groups is 1. The van der Waals surface area contributed by atoms with Gasteiger partial charge in [0.1, 0.15) is 0 Å². The number of amides is 1. The topological polar surface area (TPSA) is 67.8 Å². The van der Waals surface area contributed by atoms with Gasteiger partial charge in [-0.1, -0.05) is 29.8 Å². The fourth-order valence-electron chi connectivity index (χ4n) is 4.03. The molecule has 2 aliphatic rings. The first-order valence-electron chi connectivity index (χ1n) is 9.68. The normalized spacial score (nSPS) is 24.6. The van der Waals surface area contributed by atoms with Crippen molar-refractivity contribution in [3.63, 3.8) is 0 Å². The largest absolute Gasteiger partial charge is 0.379 e. The summed E-state index contributed by atoms with van der Waals surface area (Å²) >= 11 is 0. The molecule has 2 fully saturated rings. The van der Waals surface area contributed by atoms with E-state index in [1.54, 1.807) is 0 Å². The molecule has 144 valence electrons. The minimum Gasteiger partial charge on any atom is -0.379 e. The lowest BCUT2D eigenvalue weighted by atomic mass is 9.90. The fourth-order valence-corrected chi connectivity index (χ4v) is 4.03. The van der Waals surface area contributed by atoms with Gasteiger partial charge in [-0.15, -0.1) is 0 Å². The summed E-state index contributed by atoms with van der Waals surface area (Å²) in [7, 11) is 2.00. The predicted octanol–water partition coefficient (Wildman–Crippen LogP) is 0.894. The number of hydrogen-bond acceptors (Lipinski definition) is 5. The van der Waals surface area contributed by atoms with Crippen molar-refractivity contribution in [2.45, 2.75) is 38.3 Å². The highest BCUT2D eigenvalue weighted by Crippen LogP contribution is 2.25. The van der Waals surface area contributed by atoms with Crippen LogP contribution in [0.2, 0.25) is 0 Å². The molecule has 2 aliphatic heterocycles. The summed E-state index contributed by atoms with van der Waals surface area (Å²) in [5.74, 6) is 0.494. The molecule has 2 saturated heterocycles. The van der Waals surface area contributed by atoms with Gasteiger partial charge in [0.15, 0.2) is 5.60 Å². The average Bonchev–Trinajstić information content (AvgIpc) is 3.11. The van der Waals surface area contributed by atoms with Crippen molar-refractivity contribution in [3.8, 4) is 0 Å². The van der Waals surface area contributed by atoms with Crippen LogP contribution < -0.4 is 10.9 Å². The number of carbonyl (C=O) groups excluding carboxylic acids is 1. The summed E-state index contributed by atoms with van der Waals surface area (Å²) in [6, 6.07) is 8.23. The van der Waals surface area contributed by atoms with Crippen molar-refractivity contribution >= 4 is 5.91 Å². The van der Waals surface area contributed by atoms with E-state index < -0.39 is 5.60 Å². The lowest BCUT2D eigenvalue weighted by molar-refractivity contribution is -0.159. The highest BCUT2D eigenvalue weighted by molar-refractivity contribution is 5.86. The molecule has 0 bridgehead atoms. The molecule has 3 rings (SSSR count). The van der Waals surface area contributed by atoms with Gasteiger partial charge < -0.3 is 14.9 Å². The molecule has 0 saturated carbocycles. The van der Waals surface area contributed by atoms with E-state index in [1.165, 1.54) is 5.56 Å². The van der Waals surface area contributed by atoms with E-state index in [2.05, 4.69) is 34.8 Å². The fraction of sp³-hybridized carbons (Fsp3) is 0.650. The van der Waals surface area contributed by atoms with Crippen molar-refractivity contribution in [1.29, 1.82) is 0 Å². The molecule has 0 radical (unpaired) electrons. The second-order valence-corrected chi connectivity index (χ2v) is 8.01. The number of likely N-dealkylation sites (tertiary alicyclic amines) is 1. The molecule has 1 aromatic rings. The molecule has 26 heavy (non-hydrogen) atoms. The van der Waals surface area contributed by atoms with E-state index in [4.69, 9.17) is 0 Å². The number of hydrogen-bond donors (Lipinski definition) is 3. The van der Waals surface area contributed by atoms with E-state index in [0.717, 1.165) is 44.6 Å². The first-order chi connectivity index (χ1) is 12.5. The SMILES string of the molecule is Cc1cccc(CN2CCCC(O)(CN(C)CCC3CNNC3)C2=O)c1. The molecule has 0 aliphatic carbocycles. The summed E-state index contributed by atoms with van der Waals surface area (Å²) < 4.78 is 0. The Kier molecular flexibility index (Phi) is 6.29. The summed E-state index contributed by atoms with van der Waals surface area (Å²) in [4.78, 5) is 16.9. The molecule has 2 heterocycles. The molecule has 6 nitrogen and oxygen atoms in total. The number of piperidine rings is 1. The van der Waals surface area contributed by atoms with Crippen molar-refractivity contribution in [1.82, 2.24) is 20.7 Å². The lowest BCUT2D eigenvalue weighted by Crippen LogP contribution is -2.58. The van der Waals surface area contributed by atoms with Crippen LogP contribution in [0.15, 0.2) is 24.3 Å². The highest BCUT2D eigenvalue weighted by Gasteiger charge is 2.42. The van der Waals surface area contributed by atoms with Crippen LogP contribution in [0.4, 0.5) is 0 Å². The van der Waals surface area contributed by atoms with Crippen molar-refractivity contribution < 1.29 is 9.90 Å². The third-order valence-corrected chi connectivity index (χ3v) is 5.52. The van der Waals surface area contributed by atoms with Crippen molar-refractivity contribution in [2.24, 2.45) is 5.92 Å². The number of benzene rings is 1. The summed E-state index contributed by atoms with van der Waals surface area (Å²) in [5.41, 5.74) is 7.35. The molecule has 1 aromatic carbocycles. The predicted molar refractivity (Wildman–Crippen MR) is 102 cm³/mol. The number of aliphatic hydroxyl groups is 1. The van der Waals surface area contributed by atoms with Crippen LogP contribution in [0.25, 0.3) is 0 Å². The Labute approximate surface area is 156 Å². The minimum atomic E-state index is -1.26. The van der Waals surface area contributed by atoms with Gasteiger partial charge in [-0.2, -0.15) is 0 Å². The molecule has 3 N–H and O–H groups in total. The van der Waals surface area contributed by atoms with Crippen LogP contribution in [0.1, 0.15) is 30.4 Å². The molecule has 0 aromatic heterocycles. The maximum absolute atomic E-state index is 13.0. The zero-order valence-corrected chi connectivity index (χ0v) is 16.0. The van der Waals surface area contributed by atoms with Gasteiger partial charge in [0, 0.05) is 32.7 Å². The Hall–Kier alpha value is -1.47. The van der Waals surface area contributed by atoms with Gasteiger partial charge >= 0.3 is 0 Å². The number of nitrogens with one attached hydrogen (secondary N) is 2. The van der Waals surface area contributed by atoms with Crippen LogP contribution in [0.3, 0.4) is 0 Å². The second kappa shape index (κ2) is 8.48. The van der Waals surface area contributed by atoms with Crippen molar-refractivity contribution in [2.75, 3.05) is 39.8 Å². The van der Waals surface area contributed by atoms with Crippen LogP contribution in [-0.2, 0) is 11.3 Å². The Morgan fingerprint density at radius 2 is 2.12 bits per heavy atom. The van der Waals surface area contributed by atoms with Crippen LogP contribution >= 0.6 is 0 Å². The van der Waals surface area contributed by atoms with Crippen molar-refractivity contribution in [3.05, 3.63) is 35.4 Å². The van der Waals surface area contributed by atoms with Gasteiger partial charge in [0.2, 0.25) is 0 Å². The Balaban J connectivity index is 1.56. The maximum Gasteiger partial charge on any atom is 0.256 e. The van der Waals surface area contributed by atoms with E-state index >= 15 is 0 Å². The maximum atomic E-state index is 13.0. The third kappa shape index (κ3) is 4.82. The van der Waals surface area contributed by atoms with Gasteiger partial charge in [-0.05, 0) is 51.3 Å². The quantitative estimate of drug-likeness (QED) is 0.674. The molecule has 1 atom stereocenters. The van der Waals surface area contributed by atoms with Crippen LogP contribution in [0.5, 0.6) is 0 Å².